The molecule has 0 aromatic carbocycles. The summed E-state index contributed by atoms with van der Waals surface area (Å²) < 4.78 is 1.52. The van der Waals surface area contributed by atoms with Crippen molar-refractivity contribution in [1.82, 2.24) is 19.7 Å². The molecule has 26 heavy (non-hydrogen) atoms. The first-order chi connectivity index (χ1) is 12.6. The van der Waals surface area contributed by atoms with E-state index in [0.29, 0.717) is 17.5 Å². The molecule has 138 valence electrons. The maximum Gasteiger partial charge on any atom is 0.287 e. The maximum absolute atomic E-state index is 12.5. The average molecular weight is 374 g/mol. The van der Waals surface area contributed by atoms with Crippen LogP contribution in [0.1, 0.15) is 24.1 Å². The van der Waals surface area contributed by atoms with Gasteiger partial charge in [-0.25, -0.2) is 4.68 Å². The number of aryl methyl sites for hydroxylation is 1. The van der Waals surface area contributed by atoms with Crippen LogP contribution in [0.2, 0.25) is 5.02 Å². The molecule has 0 bridgehead atoms. The molecule has 0 N–H and O–H groups in total. The van der Waals surface area contributed by atoms with Gasteiger partial charge < -0.3 is 4.90 Å². The van der Waals surface area contributed by atoms with Crippen LogP contribution in [0.25, 0.3) is 0 Å². The van der Waals surface area contributed by atoms with E-state index >= 15 is 0 Å². The van der Waals surface area contributed by atoms with E-state index in [1.807, 2.05) is 12.3 Å². The number of anilines is 1. The number of rotatable bonds is 5. The smallest absolute Gasteiger partial charge is 0.287 e. The van der Waals surface area contributed by atoms with Gasteiger partial charge in [0.2, 0.25) is 0 Å². The summed E-state index contributed by atoms with van der Waals surface area (Å²) in [7, 11) is 0. The molecule has 2 aromatic heterocycles. The SMILES string of the molecule is Cc1cccnc1CN1CCN(c2cnn(CC3CC3)c(=O)c2Cl)CC1. The Balaban J connectivity index is 1.41. The lowest BCUT2D eigenvalue weighted by atomic mass is 10.2. The van der Waals surface area contributed by atoms with Gasteiger partial charge in [0.15, 0.2) is 0 Å². The number of hydrogen-bond acceptors (Lipinski definition) is 5. The van der Waals surface area contributed by atoms with Gasteiger partial charge >= 0.3 is 0 Å². The molecule has 1 aliphatic carbocycles. The van der Waals surface area contributed by atoms with Crippen molar-refractivity contribution in [2.45, 2.75) is 32.9 Å². The lowest BCUT2D eigenvalue weighted by molar-refractivity contribution is 0.246. The topological polar surface area (TPSA) is 54.3 Å². The van der Waals surface area contributed by atoms with Crippen molar-refractivity contribution in [3.8, 4) is 0 Å². The number of pyridine rings is 1. The van der Waals surface area contributed by atoms with Crippen LogP contribution in [0.5, 0.6) is 0 Å². The van der Waals surface area contributed by atoms with Crippen LogP contribution in [-0.4, -0.2) is 45.8 Å². The Kier molecular flexibility index (Phi) is 4.96. The fraction of sp³-hybridized carbons (Fsp3) is 0.526. The molecule has 7 heteroatoms. The second-order valence-corrected chi connectivity index (χ2v) is 7.68. The van der Waals surface area contributed by atoms with Gasteiger partial charge in [-0.2, -0.15) is 5.10 Å². The third kappa shape index (κ3) is 3.76. The van der Waals surface area contributed by atoms with E-state index in [1.54, 1.807) is 6.20 Å². The lowest BCUT2D eigenvalue weighted by Gasteiger charge is -2.36. The van der Waals surface area contributed by atoms with Crippen LogP contribution in [-0.2, 0) is 13.1 Å². The van der Waals surface area contributed by atoms with Crippen LogP contribution in [0.4, 0.5) is 5.69 Å². The molecule has 0 spiro atoms. The molecule has 0 amide bonds. The van der Waals surface area contributed by atoms with Gasteiger partial charge in [-0.3, -0.25) is 14.7 Å². The van der Waals surface area contributed by atoms with Gasteiger partial charge in [-0.15, -0.1) is 0 Å². The predicted molar refractivity (Wildman–Crippen MR) is 103 cm³/mol. The van der Waals surface area contributed by atoms with E-state index in [9.17, 15) is 4.79 Å². The van der Waals surface area contributed by atoms with E-state index < -0.39 is 0 Å². The number of piperazine rings is 1. The molecule has 1 aliphatic heterocycles. The van der Waals surface area contributed by atoms with E-state index in [4.69, 9.17) is 11.6 Å². The van der Waals surface area contributed by atoms with Crippen molar-refractivity contribution in [1.29, 1.82) is 0 Å². The Morgan fingerprint density at radius 1 is 1.23 bits per heavy atom. The van der Waals surface area contributed by atoms with Crippen molar-refractivity contribution in [2.24, 2.45) is 5.92 Å². The highest BCUT2D eigenvalue weighted by atomic mass is 35.5. The van der Waals surface area contributed by atoms with Crippen LogP contribution in [0.3, 0.4) is 0 Å². The van der Waals surface area contributed by atoms with Gasteiger partial charge in [-0.05, 0) is 37.3 Å². The summed E-state index contributed by atoms with van der Waals surface area (Å²) in [5.41, 5.74) is 2.95. The molecule has 1 saturated carbocycles. The zero-order chi connectivity index (χ0) is 18.1. The molecule has 6 nitrogen and oxygen atoms in total. The van der Waals surface area contributed by atoms with E-state index in [0.717, 1.165) is 44.1 Å². The third-order valence-corrected chi connectivity index (χ3v) is 5.65. The van der Waals surface area contributed by atoms with Crippen molar-refractivity contribution in [3.05, 3.63) is 51.2 Å². The number of aromatic nitrogens is 3. The summed E-state index contributed by atoms with van der Waals surface area (Å²) in [6.45, 7) is 7.14. The average Bonchev–Trinajstić information content (AvgIpc) is 3.46. The summed E-state index contributed by atoms with van der Waals surface area (Å²) in [6.07, 6.45) is 5.97. The Morgan fingerprint density at radius 2 is 2.00 bits per heavy atom. The largest absolute Gasteiger partial charge is 0.366 e. The molecule has 0 atom stereocenters. The molecule has 4 rings (SSSR count). The Labute approximate surface area is 158 Å². The van der Waals surface area contributed by atoms with Gasteiger partial charge in [0.05, 0.1) is 17.6 Å². The van der Waals surface area contributed by atoms with Crippen molar-refractivity contribution < 1.29 is 0 Å². The molecule has 1 saturated heterocycles. The molecule has 0 unspecified atom stereocenters. The minimum Gasteiger partial charge on any atom is -0.366 e. The lowest BCUT2D eigenvalue weighted by Crippen LogP contribution is -2.46. The fourth-order valence-corrected chi connectivity index (χ4v) is 3.66. The van der Waals surface area contributed by atoms with Crippen LogP contribution in [0.15, 0.2) is 29.3 Å². The van der Waals surface area contributed by atoms with E-state index in [-0.39, 0.29) is 5.56 Å². The summed E-state index contributed by atoms with van der Waals surface area (Å²) in [6, 6.07) is 4.07. The van der Waals surface area contributed by atoms with Crippen molar-refractivity contribution in [2.75, 3.05) is 31.1 Å². The number of nitrogens with zero attached hydrogens (tertiary/aromatic N) is 5. The Hall–Kier alpha value is -1.92. The molecule has 2 aliphatic rings. The van der Waals surface area contributed by atoms with Crippen molar-refractivity contribution in [3.63, 3.8) is 0 Å². The normalized spacial score (nSPS) is 18.3. The monoisotopic (exact) mass is 373 g/mol. The Morgan fingerprint density at radius 3 is 2.69 bits per heavy atom. The molecule has 2 fully saturated rings. The third-order valence-electron chi connectivity index (χ3n) is 5.30. The van der Waals surface area contributed by atoms with E-state index in [2.05, 4.69) is 32.9 Å². The molecular weight excluding hydrogens is 350 g/mol. The highest BCUT2D eigenvalue weighted by Gasteiger charge is 2.25. The highest BCUT2D eigenvalue weighted by Crippen LogP contribution is 2.30. The molecule has 0 radical (unpaired) electrons. The zero-order valence-electron chi connectivity index (χ0n) is 15.1. The maximum atomic E-state index is 12.5. The van der Waals surface area contributed by atoms with E-state index in [1.165, 1.54) is 23.1 Å². The standard InChI is InChI=1S/C19H24ClN5O/c1-14-3-2-6-21-16(14)13-23-7-9-24(10-8-23)17-11-22-25(12-15-4-5-15)19(26)18(17)20/h2-3,6,11,15H,4-5,7-10,12-13H2,1H3. The highest BCUT2D eigenvalue weighted by molar-refractivity contribution is 6.33. The number of hydrogen-bond donors (Lipinski definition) is 0. The van der Waals surface area contributed by atoms with Gasteiger partial charge in [0.25, 0.3) is 5.56 Å². The van der Waals surface area contributed by atoms with Gasteiger partial charge in [0.1, 0.15) is 5.02 Å². The quantitative estimate of drug-likeness (QED) is 0.805. The first-order valence-electron chi connectivity index (χ1n) is 9.25. The fourth-order valence-electron chi connectivity index (χ4n) is 3.39. The van der Waals surface area contributed by atoms with Crippen LogP contribution >= 0.6 is 11.6 Å². The van der Waals surface area contributed by atoms with Gasteiger partial charge in [0, 0.05) is 45.5 Å². The minimum atomic E-state index is -0.164. The number of halogens is 1. The summed E-state index contributed by atoms with van der Waals surface area (Å²) in [4.78, 5) is 21.5. The molecule has 3 heterocycles. The van der Waals surface area contributed by atoms with Crippen LogP contribution < -0.4 is 10.5 Å². The summed E-state index contributed by atoms with van der Waals surface area (Å²) in [5.74, 6) is 0.598. The molecular formula is C19H24ClN5O. The second-order valence-electron chi connectivity index (χ2n) is 7.30. The van der Waals surface area contributed by atoms with Crippen LogP contribution in [0, 0.1) is 12.8 Å². The predicted octanol–water partition coefficient (Wildman–Crippen LogP) is 2.33. The van der Waals surface area contributed by atoms with Gasteiger partial charge in [-0.1, -0.05) is 17.7 Å². The van der Waals surface area contributed by atoms with Crippen molar-refractivity contribution >= 4 is 17.3 Å². The first-order valence-corrected chi connectivity index (χ1v) is 9.63. The minimum absolute atomic E-state index is 0.164. The zero-order valence-corrected chi connectivity index (χ0v) is 15.8. The second kappa shape index (κ2) is 7.37. The summed E-state index contributed by atoms with van der Waals surface area (Å²) >= 11 is 6.38. The Bertz CT molecular complexity index is 840. The first kappa shape index (κ1) is 17.5. The molecule has 2 aromatic rings. The summed E-state index contributed by atoms with van der Waals surface area (Å²) in [5, 5.41) is 4.65.